The van der Waals surface area contributed by atoms with E-state index in [9.17, 15) is 0 Å². The van der Waals surface area contributed by atoms with E-state index >= 15 is 0 Å². The second kappa shape index (κ2) is 11.5. The molecule has 0 bridgehead atoms. The number of aliphatic imine (C=N–C) groups is 2. The lowest BCUT2D eigenvalue weighted by Crippen LogP contribution is -2.36. The van der Waals surface area contributed by atoms with E-state index in [2.05, 4.69) is 131 Å². The number of furan rings is 1. The van der Waals surface area contributed by atoms with Gasteiger partial charge in [0, 0.05) is 43.8 Å². The first kappa shape index (κ1) is 28.3. The van der Waals surface area contributed by atoms with Crippen molar-refractivity contribution in [1.29, 1.82) is 0 Å². The van der Waals surface area contributed by atoms with Crippen LogP contribution in [0.1, 0.15) is 22.9 Å². The number of hydrogen-bond donors (Lipinski definition) is 1. The quantitative estimate of drug-likeness (QED) is 0.203. The lowest BCUT2D eigenvalue weighted by Gasteiger charge is -2.23. The summed E-state index contributed by atoms with van der Waals surface area (Å²) in [5.41, 5.74) is 10.4. The highest BCUT2D eigenvalue weighted by molar-refractivity contribution is 6.17. The Balaban J connectivity index is 1.13. The molecule has 5 nitrogen and oxygen atoms in total. The van der Waals surface area contributed by atoms with Crippen LogP contribution in [0.3, 0.4) is 0 Å². The van der Waals surface area contributed by atoms with Gasteiger partial charge in [-0.1, -0.05) is 133 Å². The maximum Gasteiger partial charge on any atom is 0.170 e. The summed E-state index contributed by atoms with van der Waals surface area (Å²) in [6.07, 6.45) is -0.472. The average Bonchev–Trinajstić information content (AvgIpc) is 3.74. The molecule has 0 saturated carbocycles. The Morgan fingerprint density at radius 2 is 1.06 bits per heavy atom. The highest BCUT2D eigenvalue weighted by atomic mass is 16.3. The van der Waals surface area contributed by atoms with E-state index in [1.165, 1.54) is 21.8 Å². The monoisotopic (exact) mass is 642 g/mol. The van der Waals surface area contributed by atoms with E-state index in [1.807, 2.05) is 48.5 Å². The third-order valence-corrected chi connectivity index (χ3v) is 9.67. The number of hydrogen-bond acceptors (Lipinski definition) is 4. The number of nitrogens with one attached hydrogen (secondary N) is 1. The molecule has 1 unspecified atom stereocenters. The molecular weight excluding hydrogens is 613 g/mol. The van der Waals surface area contributed by atoms with Crippen LogP contribution in [0, 0.1) is 0 Å². The molecule has 50 heavy (non-hydrogen) atoms. The van der Waals surface area contributed by atoms with Gasteiger partial charge in [-0.2, -0.15) is 0 Å². The van der Waals surface area contributed by atoms with Crippen LogP contribution in [0.4, 0.5) is 0 Å². The molecule has 9 aromatic rings. The first-order valence-corrected chi connectivity index (χ1v) is 16.9. The Bertz CT molecular complexity index is 2750. The lowest BCUT2D eigenvalue weighted by atomic mass is 9.99. The second-order valence-electron chi connectivity index (χ2n) is 12.6. The van der Waals surface area contributed by atoms with Crippen LogP contribution in [0.25, 0.3) is 60.6 Å². The number of para-hydroxylation sites is 4. The first-order chi connectivity index (χ1) is 24.8. The Kier molecular flexibility index (Phi) is 6.49. The molecule has 0 aliphatic carbocycles. The maximum atomic E-state index is 6.25. The number of rotatable bonds is 5. The van der Waals surface area contributed by atoms with Crippen LogP contribution < -0.4 is 5.32 Å². The molecule has 1 N–H and O–H groups in total. The van der Waals surface area contributed by atoms with Crippen LogP contribution >= 0.6 is 0 Å². The minimum absolute atomic E-state index is 0.472. The molecule has 0 spiro atoms. The van der Waals surface area contributed by atoms with Crippen molar-refractivity contribution in [2.75, 3.05) is 0 Å². The summed E-state index contributed by atoms with van der Waals surface area (Å²) in [5.74, 6) is 1.55. The number of aromatic nitrogens is 1. The van der Waals surface area contributed by atoms with Crippen molar-refractivity contribution in [3.8, 4) is 16.8 Å². The Morgan fingerprint density at radius 3 is 1.86 bits per heavy atom. The van der Waals surface area contributed by atoms with Gasteiger partial charge in [0.05, 0.1) is 16.7 Å². The van der Waals surface area contributed by atoms with Crippen molar-refractivity contribution < 1.29 is 4.42 Å². The third kappa shape index (κ3) is 4.55. The van der Waals surface area contributed by atoms with Crippen molar-refractivity contribution in [2.45, 2.75) is 6.17 Å². The molecule has 236 valence electrons. The van der Waals surface area contributed by atoms with Gasteiger partial charge in [0.1, 0.15) is 22.8 Å². The zero-order valence-electron chi connectivity index (χ0n) is 27.0. The van der Waals surface area contributed by atoms with E-state index < -0.39 is 6.17 Å². The SMILES string of the molecule is c1ccc(C2=NC(c3cccc4oc5ccccc5c34)N=C(c3cccc(-c4ccccc4-n4c5ccccc5c5ccccc54)c3)N2)cc1. The van der Waals surface area contributed by atoms with Gasteiger partial charge in [0.15, 0.2) is 6.17 Å². The van der Waals surface area contributed by atoms with Gasteiger partial charge in [-0.15, -0.1) is 0 Å². The summed E-state index contributed by atoms with van der Waals surface area (Å²) in [6.45, 7) is 0. The summed E-state index contributed by atoms with van der Waals surface area (Å²) >= 11 is 0. The van der Waals surface area contributed by atoms with Gasteiger partial charge in [0.25, 0.3) is 0 Å². The highest BCUT2D eigenvalue weighted by Gasteiger charge is 2.24. The third-order valence-electron chi connectivity index (χ3n) is 9.67. The van der Waals surface area contributed by atoms with E-state index in [0.717, 1.165) is 67.1 Å². The van der Waals surface area contributed by atoms with E-state index in [0.29, 0.717) is 0 Å². The van der Waals surface area contributed by atoms with Gasteiger partial charge in [0.2, 0.25) is 0 Å². The Hall–Kier alpha value is -6.72. The van der Waals surface area contributed by atoms with Gasteiger partial charge in [-0.3, -0.25) is 0 Å². The van der Waals surface area contributed by atoms with Crippen LogP contribution in [0.5, 0.6) is 0 Å². The minimum atomic E-state index is -0.472. The van der Waals surface area contributed by atoms with Crippen LogP contribution in [0.15, 0.2) is 184 Å². The number of nitrogens with zero attached hydrogens (tertiary/aromatic N) is 3. The first-order valence-electron chi connectivity index (χ1n) is 16.9. The summed E-state index contributed by atoms with van der Waals surface area (Å²) in [6, 6.07) is 59.2. The van der Waals surface area contributed by atoms with E-state index in [-0.39, 0.29) is 0 Å². The molecule has 0 radical (unpaired) electrons. The zero-order valence-corrected chi connectivity index (χ0v) is 27.0. The largest absolute Gasteiger partial charge is 0.456 e. The maximum absolute atomic E-state index is 6.25. The predicted molar refractivity (Wildman–Crippen MR) is 205 cm³/mol. The van der Waals surface area contributed by atoms with Gasteiger partial charge < -0.3 is 14.3 Å². The van der Waals surface area contributed by atoms with Crippen molar-refractivity contribution in [2.24, 2.45) is 9.98 Å². The van der Waals surface area contributed by atoms with Crippen molar-refractivity contribution in [3.63, 3.8) is 0 Å². The smallest absolute Gasteiger partial charge is 0.170 e. The fourth-order valence-corrected chi connectivity index (χ4v) is 7.42. The van der Waals surface area contributed by atoms with Gasteiger partial charge in [-0.05, 0) is 42.0 Å². The van der Waals surface area contributed by atoms with Crippen LogP contribution in [-0.2, 0) is 0 Å². The van der Waals surface area contributed by atoms with Crippen molar-refractivity contribution in [1.82, 2.24) is 9.88 Å². The molecule has 1 aliphatic heterocycles. The molecule has 3 heterocycles. The fourth-order valence-electron chi connectivity index (χ4n) is 7.42. The molecule has 7 aromatic carbocycles. The lowest BCUT2D eigenvalue weighted by molar-refractivity contribution is 0.667. The molecule has 1 atom stereocenters. The van der Waals surface area contributed by atoms with Crippen molar-refractivity contribution >= 4 is 55.4 Å². The molecule has 0 saturated heterocycles. The Morgan fingerprint density at radius 1 is 0.480 bits per heavy atom. The topological polar surface area (TPSA) is 54.8 Å². The molecule has 1 aliphatic rings. The molecular formula is C45H30N4O. The van der Waals surface area contributed by atoms with E-state index in [1.54, 1.807) is 0 Å². The number of fused-ring (bicyclic) bond motifs is 6. The molecule has 2 aromatic heterocycles. The highest BCUT2D eigenvalue weighted by Crippen LogP contribution is 2.38. The number of amidine groups is 2. The van der Waals surface area contributed by atoms with Gasteiger partial charge >= 0.3 is 0 Å². The molecule has 0 fully saturated rings. The zero-order chi connectivity index (χ0) is 33.0. The summed E-state index contributed by atoms with van der Waals surface area (Å²) in [5, 5.41) is 8.20. The number of benzene rings is 7. The molecule has 5 heteroatoms. The normalized spacial score (nSPS) is 14.6. The van der Waals surface area contributed by atoms with Gasteiger partial charge in [-0.25, -0.2) is 9.98 Å². The summed E-state index contributed by atoms with van der Waals surface area (Å²) < 4.78 is 8.64. The standard InChI is InChI=1S/C45H30N4O/c1-2-14-29(15-3-1)43-46-44(48-45(47-43)36-22-13-27-41-42(36)35-21-7-11-26-40(35)50-41)31-17-12-16-30(28-31)32-18-4-8-23-37(32)49-38-24-9-5-19-33(38)34-20-6-10-25-39(34)49/h1-28,45H,(H,46,47,48). The van der Waals surface area contributed by atoms with Crippen LogP contribution in [0.2, 0.25) is 0 Å². The fraction of sp³-hybridized carbons (Fsp3) is 0.0222. The molecule has 10 rings (SSSR count). The second-order valence-corrected chi connectivity index (χ2v) is 12.6. The van der Waals surface area contributed by atoms with Crippen molar-refractivity contribution in [3.05, 3.63) is 187 Å². The minimum Gasteiger partial charge on any atom is -0.456 e. The van der Waals surface area contributed by atoms with E-state index in [4.69, 9.17) is 14.4 Å². The molecule has 0 amide bonds. The Labute approximate surface area is 288 Å². The predicted octanol–water partition coefficient (Wildman–Crippen LogP) is 10.8. The average molecular weight is 643 g/mol. The summed E-state index contributed by atoms with van der Waals surface area (Å²) in [7, 11) is 0. The van der Waals surface area contributed by atoms with Crippen LogP contribution in [-0.4, -0.2) is 16.2 Å². The summed E-state index contributed by atoms with van der Waals surface area (Å²) in [4.78, 5) is 10.5.